The fourth-order valence-corrected chi connectivity index (χ4v) is 3.39. The lowest BCUT2D eigenvalue weighted by molar-refractivity contribution is 0.0599. The number of hydrogen-bond donors (Lipinski definition) is 1. The number of carbonyl (C=O) groups is 1. The number of nitrogens with one attached hydrogen (secondary N) is 1. The predicted octanol–water partition coefficient (Wildman–Crippen LogP) is 2.70. The number of carbonyl (C=O) groups excluding carboxylic acids is 1. The average molecular weight is 377 g/mol. The topological polar surface area (TPSA) is 81.7 Å². The summed E-state index contributed by atoms with van der Waals surface area (Å²) in [6.45, 7) is 4.09. The molecule has 0 atom stereocenters. The molecular formula is C19H23NO5S. The van der Waals surface area contributed by atoms with E-state index in [1.807, 2.05) is 24.3 Å². The molecule has 26 heavy (non-hydrogen) atoms. The smallest absolute Gasteiger partial charge is 0.338 e. The molecule has 2 aromatic carbocycles. The fourth-order valence-electron chi connectivity index (χ4n) is 2.35. The van der Waals surface area contributed by atoms with Crippen LogP contribution in [0.5, 0.6) is 5.75 Å². The first-order chi connectivity index (χ1) is 12.4. The van der Waals surface area contributed by atoms with Crippen LogP contribution in [0.1, 0.15) is 28.4 Å². The lowest BCUT2D eigenvalue weighted by atomic mass is 10.1. The van der Waals surface area contributed by atoms with Gasteiger partial charge in [0.2, 0.25) is 10.0 Å². The molecule has 0 fully saturated rings. The minimum absolute atomic E-state index is 0.01000. The van der Waals surface area contributed by atoms with E-state index in [1.165, 1.54) is 24.8 Å². The summed E-state index contributed by atoms with van der Waals surface area (Å²) in [6, 6.07) is 12.0. The summed E-state index contributed by atoms with van der Waals surface area (Å²) in [7, 11) is -2.49. The van der Waals surface area contributed by atoms with Gasteiger partial charge in [0.1, 0.15) is 12.4 Å². The van der Waals surface area contributed by atoms with Gasteiger partial charge < -0.3 is 9.47 Å². The van der Waals surface area contributed by atoms with Gasteiger partial charge in [0.05, 0.1) is 17.6 Å². The molecule has 140 valence electrons. The van der Waals surface area contributed by atoms with Crippen LogP contribution in [0, 0.1) is 6.92 Å². The highest BCUT2D eigenvalue weighted by molar-refractivity contribution is 7.89. The zero-order valence-corrected chi connectivity index (χ0v) is 15.9. The molecule has 0 saturated carbocycles. The van der Waals surface area contributed by atoms with Crippen molar-refractivity contribution in [3.8, 4) is 5.75 Å². The van der Waals surface area contributed by atoms with Crippen molar-refractivity contribution in [2.75, 3.05) is 20.3 Å². The van der Waals surface area contributed by atoms with E-state index in [9.17, 15) is 13.2 Å². The Hall–Kier alpha value is -2.38. The lowest BCUT2D eigenvalue weighted by Gasteiger charge is -2.11. The number of sulfonamides is 1. The maximum Gasteiger partial charge on any atom is 0.338 e. The molecule has 0 aromatic heterocycles. The zero-order valence-electron chi connectivity index (χ0n) is 15.1. The SMILES string of the molecule is CCc1ccc(OCCNS(=O)(=O)c2ccc(C)c(C(=O)OC)c2)cc1. The molecule has 0 aliphatic carbocycles. The molecule has 0 unspecified atom stereocenters. The van der Waals surface area contributed by atoms with E-state index in [-0.39, 0.29) is 23.6 Å². The zero-order chi connectivity index (χ0) is 19.2. The van der Waals surface area contributed by atoms with Gasteiger partial charge in [-0.25, -0.2) is 17.9 Å². The van der Waals surface area contributed by atoms with Crippen LogP contribution in [0.25, 0.3) is 0 Å². The van der Waals surface area contributed by atoms with E-state index >= 15 is 0 Å². The van der Waals surface area contributed by atoms with E-state index in [4.69, 9.17) is 4.74 Å². The van der Waals surface area contributed by atoms with E-state index < -0.39 is 16.0 Å². The van der Waals surface area contributed by atoms with Crippen LogP contribution >= 0.6 is 0 Å². The van der Waals surface area contributed by atoms with Crippen molar-refractivity contribution >= 4 is 16.0 Å². The van der Waals surface area contributed by atoms with Crippen LogP contribution in [-0.2, 0) is 21.2 Å². The molecule has 0 amide bonds. The van der Waals surface area contributed by atoms with E-state index in [2.05, 4.69) is 16.4 Å². The number of hydrogen-bond acceptors (Lipinski definition) is 5. The molecule has 7 heteroatoms. The molecule has 0 aliphatic rings. The second kappa shape index (κ2) is 8.82. The summed E-state index contributed by atoms with van der Waals surface area (Å²) in [6.07, 6.45) is 0.949. The first-order valence-corrected chi connectivity index (χ1v) is 9.76. The van der Waals surface area contributed by atoms with Crippen LogP contribution in [0.3, 0.4) is 0 Å². The Morgan fingerprint density at radius 2 is 1.81 bits per heavy atom. The van der Waals surface area contributed by atoms with Gasteiger partial charge in [0.15, 0.2) is 0 Å². The maximum absolute atomic E-state index is 12.4. The van der Waals surface area contributed by atoms with E-state index in [0.29, 0.717) is 11.3 Å². The van der Waals surface area contributed by atoms with Crippen LogP contribution in [-0.4, -0.2) is 34.6 Å². The highest BCUT2D eigenvalue weighted by Crippen LogP contribution is 2.17. The molecular weight excluding hydrogens is 354 g/mol. The second-order valence-corrected chi connectivity index (χ2v) is 7.48. The minimum atomic E-state index is -3.74. The van der Waals surface area contributed by atoms with Crippen molar-refractivity contribution in [1.29, 1.82) is 0 Å². The number of esters is 1. The Morgan fingerprint density at radius 1 is 1.12 bits per heavy atom. The second-order valence-electron chi connectivity index (χ2n) is 5.71. The first-order valence-electron chi connectivity index (χ1n) is 8.27. The Bertz CT molecular complexity index is 860. The summed E-state index contributed by atoms with van der Waals surface area (Å²) >= 11 is 0. The third-order valence-electron chi connectivity index (χ3n) is 3.92. The van der Waals surface area contributed by atoms with Crippen LogP contribution < -0.4 is 9.46 Å². The highest BCUT2D eigenvalue weighted by atomic mass is 32.2. The summed E-state index contributed by atoms with van der Waals surface area (Å²) in [5, 5.41) is 0. The summed E-state index contributed by atoms with van der Waals surface area (Å²) in [5.74, 6) is 0.114. The fraction of sp³-hybridized carbons (Fsp3) is 0.316. The van der Waals surface area contributed by atoms with Crippen LogP contribution in [0.15, 0.2) is 47.4 Å². The van der Waals surface area contributed by atoms with Gasteiger partial charge in [0.25, 0.3) is 0 Å². The molecule has 6 nitrogen and oxygen atoms in total. The van der Waals surface area contributed by atoms with Crippen molar-refractivity contribution in [2.24, 2.45) is 0 Å². The third kappa shape index (κ3) is 5.06. The van der Waals surface area contributed by atoms with Gasteiger partial charge >= 0.3 is 5.97 Å². The third-order valence-corrected chi connectivity index (χ3v) is 5.38. The van der Waals surface area contributed by atoms with Crippen molar-refractivity contribution in [2.45, 2.75) is 25.2 Å². The standard InChI is InChI=1S/C19H23NO5S/c1-4-15-6-8-16(9-7-15)25-12-11-20-26(22,23)17-10-5-14(2)18(13-17)19(21)24-3/h5-10,13,20H,4,11-12H2,1-3H3. The van der Waals surface area contributed by atoms with Gasteiger partial charge in [-0.2, -0.15) is 0 Å². The number of rotatable bonds is 8. The maximum atomic E-state index is 12.4. The molecule has 0 heterocycles. The first kappa shape index (κ1) is 19.9. The van der Waals surface area contributed by atoms with E-state index in [0.717, 1.165) is 6.42 Å². The van der Waals surface area contributed by atoms with Gasteiger partial charge in [-0.1, -0.05) is 25.1 Å². The Kier molecular flexibility index (Phi) is 6.76. The predicted molar refractivity (Wildman–Crippen MR) is 99.0 cm³/mol. The summed E-state index contributed by atoms with van der Waals surface area (Å²) in [5.41, 5.74) is 2.08. The van der Waals surface area contributed by atoms with Gasteiger partial charge in [-0.3, -0.25) is 0 Å². The largest absolute Gasteiger partial charge is 0.492 e. The molecule has 0 bridgehead atoms. The number of methoxy groups -OCH3 is 1. The number of ether oxygens (including phenoxy) is 2. The number of aryl methyl sites for hydroxylation is 2. The summed E-state index contributed by atoms with van der Waals surface area (Å²) < 4.78 is 37.4. The Balaban J connectivity index is 1.97. The van der Waals surface area contributed by atoms with Gasteiger partial charge in [-0.15, -0.1) is 0 Å². The summed E-state index contributed by atoms with van der Waals surface area (Å²) in [4.78, 5) is 11.7. The molecule has 0 saturated heterocycles. The molecule has 2 aromatic rings. The van der Waals surface area contributed by atoms with Gasteiger partial charge in [0, 0.05) is 6.54 Å². The molecule has 2 rings (SSSR count). The minimum Gasteiger partial charge on any atom is -0.492 e. The quantitative estimate of drug-likeness (QED) is 0.565. The molecule has 0 radical (unpaired) electrons. The Morgan fingerprint density at radius 3 is 2.42 bits per heavy atom. The highest BCUT2D eigenvalue weighted by Gasteiger charge is 2.18. The van der Waals surface area contributed by atoms with Crippen molar-refractivity contribution in [3.63, 3.8) is 0 Å². The van der Waals surface area contributed by atoms with Gasteiger partial charge in [-0.05, 0) is 48.7 Å². The van der Waals surface area contributed by atoms with Crippen molar-refractivity contribution in [1.82, 2.24) is 4.72 Å². The van der Waals surface area contributed by atoms with Crippen LogP contribution in [0.4, 0.5) is 0 Å². The molecule has 1 N–H and O–H groups in total. The van der Waals surface area contributed by atoms with E-state index in [1.54, 1.807) is 13.0 Å². The van der Waals surface area contributed by atoms with Crippen molar-refractivity contribution < 1.29 is 22.7 Å². The monoisotopic (exact) mass is 377 g/mol. The normalized spacial score (nSPS) is 11.2. The number of benzene rings is 2. The average Bonchev–Trinajstić information content (AvgIpc) is 2.65. The molecule has 0 spiro atoms. The van der Waals surface area contributed by atoms with Crippen LogP contribution in [0.2, 0.25) is 0 Å². The van der Waals surface area contributed by atoms with Crippen molar-refractivity contribution in [3.05, 3.63) is 59.2 Å². The lowest BCUT2D eigenvalue weighted by Crippen LogP contribution is -2.28. The Labute approximate surface area is 154 Å². The molecule has 0 aliphatic heterocycles.